The molecule has 0 saturated heterocycles. The van der Waals surface area contributed by atoms with E-state index in [1.165, 1.54) is 21.9 Å². The van der Waals surface area contributed by atoms with Gasteiger partial charge in [0, 0.05) is 23.7 Å². The molecule has 3 aromatic rings. The van der Waals surface area contributed by atoms with E-state index in [2.05, 4.69) is 10.1 Å². The van der Waals surface area contributed by atoms with Crippen molar-refractivity contribution in [3.05, 3.63) is 62.5 Å². The standard InChI is InChI=1S/C18H17N3O4S/c1-11-3-5-13(6-4-11)14(22)7-8-17(24)25-10-15-20-21-16(23)9-12(2)19-18(21)26-15/h3-6,9H,7-8,10H2,1-2H3. The Morgan fingerprint density at radius 1 is 1.15 bits per heavy atom. The van der Waals surface area contributed by atoms with Crippen molar-refractivity contribution in [1.29, 1.82) is 0 Å². The van der Waals surface area contributed by atoms with E-state index in [9.17, 15) is 14.4 Å². The zero-order valence-electron chi connectivity index (χ0n) is 14.4. The number of benzene rings is 1. The number of ketones is 1. The van der Waals surface area contributed by atoms with Crippen LogP contribution < -0.4 is 5.56 Å². The molecule has 8 heteroatoms. The predicted molar refractivity (Wildman–Crippen MR) is 96.4 cm³/mol. The van der Waals surface area contributed by atoms with Gasteiger partial charge in [0.1, 0.15) is 6.61 Å². The maximum atomic E-state index is 12.1. The van der Waals surface area contributed by atoms with E-state index in [4.69, 9.17) is 4.74 Å². The van der Waals surface area contributed by atoms with Crippen molar-refractivity contribution in [1.82, 2.24) is 14.6 Å². The predicted octanol–water partition coefficient (Wildman–Crippen LogP) is 2.47. The molecule has 0 atom stereocenters. The van der Waals surface area contributed by atoms with E-state index in [-0.39, 0.29) is 30.8 Å². The highest BCUT2D eigenvalue weighted by molar-refractivity contribution is 7.16. The first kappa shape index (κ1) is 17.9. The van der Waals surface area contributed by atoms with Gasteiger partial charge >= 0.3 is 5.97 Å². The molecular formula is C18H17N3O4S. The number of fused-ring (bicyclic) bond motifs is 1. The van der Waals surface area contributed by atoms with Crippen LogP contribution in [-0.2, 0) is 16.1 Å². The molecule has 0 fully saturated rings. The van der Waals surface area contributed by atoms with Crippen molar-refractivity contribution in [3.63, 3.8) is 0 Å². The van der Waals surface area contributed by atoms with Gasteiger partial charge in [0.2, 0.25) is 4.96 Å². The molecule has 0 amide bonds. The summed E-state index contributed by atoms with van der Waals surface area (Å²) in [6.07, 6.45) is 0.0802. The Morgan fingerprint density at radius 2 is 1.88 bits per heavy atom. The average molecular weight is 371 g/mol. The molecule has 0 aliphatic rings. The zero-order valence-corrected chi connectivity index (χ0v) is 15.2. The Kier molecular flexibility index (Phi) is 5.22. The van der Waals surface area contributed by atoms with Crippen LogP contribution in [0.4, 0.5) is 0 Å². The second kappa shape index (κ2) is 7.57. The molecule has 2 heterocycles. The quantitative estimate of drug-likeness (QED) is 0.488. The normalized spacial score (nSPS) is 10.8. The maximum absolute atomic E-state index is 12.1. The molecule has 26 heavy (non-hydrogen) atoms. The van der Waals surface area contributed by atoms with Gasteiger partial charge < -0.3 is 4.74 Å². The summed E-state index contributed by atoms with van der Waals surface area (Å²) >= 11 is 1.19. The molecule has 2 aromatic heterocycles. The SMILES string of the molecule is Cc1ccc(C(=O)CCC(=O)OCc2nn3c(=O)cc(C)nc3s2)cc1. The summed E-state index contributed by atoms with van der Waals surface area (Å²) < 4.78 is 6.33. The molecule has 1 aromatic carbocycles. The number of hydrogen-bond donors (Lipinski definition) is 0. The van der Waals surface area contributed by atoms with E-state index < -0.39 is 5.97 Å². The second-order valence-electron chi connectivity index (χ2n) is 5.88. The van der Waals surface area contributed by atoms with Gasteiger partial charge in [-0.1, -0.05) is 41.2 Å². The monoisotopic (exact) mass is 371 g/mol. The number of carbonyl (C=O) groups is 2. The van der Waals surface area contributed by atoms with Gasteiger partial charge in [-0.25, -0.2) is 4.98 Å². The van der Waals surface area contributed by atoms with Crippen molar-refractivity contribution in [2.45, 2.75) is 33.3 Å². The first-order valence-electron chi connectivity index (χ1n) is 8.04. The Morgan fingerprint density at radius 3 is 2.62 bits per heavy atom. The van der Waals surface area contributed by atoms with Crippen molar-refractivity contribution >= 4 is 28.1 Å². The fraction of sp³-hybridized carbons (Fsp3) is 0.278. The largest absolute Gasteiger partial charge is 0.458 e. The molecular weight excluding hydrogens is 354 g/mol. The van der Waals surface area contributed by atoms with Crippen molar-refractivity contribution in [2.75, 3.05) is 0 Å². The molecule has 0 spiro atoms. The highest BCUT2D eigenvalue weighted by atomic mass is 32.1. The molecule has 134 valence electrons. The second-order valence-corrected chi connectivity index (χ2v) is 6.92. The maximum Gasteiger partial charge on any atom is 0.306 e. The van der Waals surface area contributed by atoms with Crippen LogP contribution in [0.25, 0.3) is 4.96 Å². The van der Waals surface area contributed by atoms with Crippen molar-refractivity contribution < 1.29 is 14.3 Å². The van der Waals surface area contributed by atoms with Crippen LogP contribution in [0, 0.1) is 13.8 Å². The number of aryl methyl sites for hydroxylation is 2. The van der Waals surface area contributed by atoms with E-state index in [1.54, 1.807) is 19.1 Å². The number of aromatic nitrogens is 3. The third-order valence-electron chi connectivity index (χ3n) is 3.70. The van der Waals surface area contributed by atoms with Crippen molar-refractivity contribution in [2.24, 2.45) is 0 Å². The van der Waals surface area contributed by atoms with E-state index in [1.807, 2.05) is 19.1 Å². The van der Waals surface area contributed by atoms with Crippen LogP contribution in [0.3, 0.4) is 0 Å². The number of Topliss-reactive ketones (excluding diaryl/α,β-unsaturated/α-hetero) is 1. The number of nitrogens with zero attached hydrogens (tertiary/aromatic N) is 3. The molecule has 0 unspecified atom stereocenters. The van der Waals surface area contributed by atoms with Crippen LogP contribution in [0.1, 0.15) is 39.5 Å². The third-order valence-corrected chi connectivity index (χ3v) is 4.58. The summed E-state index contributed by atoms with van der Waals surface area (Å²) in [5.41, 5.74) is 1.98. The molecule has 0 aliphatic heterocycles. The fourth-order valence-corrected chi connectivity index (χ4v) is 3.19. The first-order valence-corrected chi connectivity index (χ1v) is 8.86. The van der Waals surface area contributed by atoms with Crippen LogP contribution in [0.2, 0.25) is 0 Å². The van der Waals surface area contributed by atoms with Crippen LogP contribution in [0.5, 0.6) is 0 Å². The van der Waals surface area contributed by atoms with E-state index >= 15 is 0 Å². The number of rotatable bonds is 6. The Bertz CT molecular complexity index is 1020. The molecule has 7 nitrogen and oxygen atoms in total. The number of esters is 1. The van der Waals surface area contributed by atoms with Gasteiger partial charge in [-0.05, 0) is 13.8 Å². The zero-order chi connectivity index (χ0) is 18.7. The topological polar surface area (TPSA) is 90.6 Å². The minimum atomic E-state index is -0.485. The summed E-state index contributed by atoms with van der Waals surface area (Å²) in [5, 5.41) is 4.56. The lowest BCUT2D eigenvalue weighted by molar-refractivity contribution is -0.144. The minimum Gasteiger partial charge on any atom is -0.458 e. The summed E-state index contributed by atoms with van der Waals surface area (Å²) in [6, 6.07) is 8.60. The highest BCUT2D eigenvalue weighted by Crippen LogP contribution is 2.13. The number of carbonyl (C=O) groups excluding carboxylic acids is 2. The van der Waals surface area contributed by atoms with Gasteiger partial charge in [-0.3, -0.25) is 14.4 Å². The van der Waals surface area contributed by atoms with Gasteiger partial charge in [-0.2, -0.15) is 9.61 Å². The Labute approximate surface area is 153 Å². The summed E-state index contributed by atoms with van der Waals surface area (Å²) in [5.74, 6) is -0.589. The van der Waals surface area contributed by atoms with E-state index in [0.29, 0.717) is 21.2 Å². The van der Waals surface area contributed by atoms with Gasteiger partial charge in [0.15, 0.2) is 10.8 Å². The first-order chi connectivity index (χ1) is 12.4. The molecule has 0 bridgehead atoms. The summed E-state index contributed by atoms with van der Waals surface area (Å²) in [6.45, 7) is 3.62. The molecule has 0 radical (unpaired) electrons. The third kappa shape index (κ3) is 4.20. The number of ether oxygens (including phenoxy) is 1. The number of hydrogen-bond acceptors (Lipinski definition) is 7. The summed E-state index contributed by atoms with van der Waals surface area (Å²) in [4.78, 5) is 40.4. The Hall–Kier alpha value is -2.87. The van der Waals surface area contributed by atoms with Gasteiger partial charge in [0.25, 0.3) is 5.56 Å². The Balaban J connectivity index is 1.54. The fourth-order valence-electron chi connectivity index (χ4n) is 2.33. The van der Waals surface area contributed by atoms with Gasteiger partial charge in [0.05, 0.1) is 6.42 Å². The molecule has 0 aliphatic carbocycles. The smallest absolute Gasteiger partial charge is 0.306 e. The average Bonchev–Trinajstić information content (AvgIpc) is 3.01. The van der Waals surface area contributed by atoms with Crippen LogP contribution in [0.15, 0.2) is 35.1 Å². The minimum absolute atomic E-state index is 0.00505. The lowest BCUT2D eigenvalue weighted by atomic mass is 10.1. The van der Waals surface area contributed by atoms with Gasteiger partial charge in [-0.15, -0.1) is 0 Å². The van der Waals surface area contributed by atoms with Crippen molar-refractivity contribution in [3.8, 4) is 0 Å². The van der Waals surface area contributed by atoms with Crippen LogP contribution >= 0.6 is 11.3 Å². The lowest BCUT2D eigenvalue weighted by Crippen LogP contribution is -2.14. The molecule has 0 N–H and O–H groups in total. The van der Waals surface area contributed by atoms with E-state index in [0.717, 1.165) is 5.56 Å². The summed E-state index contributed by atoms with van der Waals surface area (Å²) in [7, 11) is 0. The van der Waals surface area contributed by atoms with Crippen LogP contribution in [-0.4, -0.2) is 26.4 Å². The molecule has 3 rings (SSSR count). The highest BCUT2D eigenvalue weighted by Gasteiger charge is 2.13. The lowest BCUT2D eigenvalue weighted by Gasteiger charge is -2.03. The molecule has 0 saturated carbocycles.